The summed E-state index contributed by atoms with van der Waals surface area (Å²) in [6.45, 7) is 14.7. The number of phenolic OH excluding ortho intramolecular Hbond substituents is 1. The topological polar surface area (TPSA) is 49.3 Å². The first kappa shape index (κ1) is 18.3. The molecule has 0 aromatic heterocycles. The van der Waals surface area contributed by atoms with Gasteiger partial charge in [0, 0.05) is 6.54 Å². The van der Waals surface area contributed by atoms with Gasteiger partial charge in [-0.3, -0.25) is 4.79 Å². The second-order valence-electron chi connectivity index (χ2n) is 7.76. The first-order chi connectivity index (χ1) is 9.96. The van der Waals surface area contributed by atoms with Gasteiger partial charge in [0.25, 0.3) is 0 Å². The van der Waals surface area contributed by atoms with Crippen LogP contribution in [0.1, 0.15) is 65.2 Å². The molecule has 0 aliphatic carbocycles. The van der Waals surface area contributed by atoms with Crippen molar-refractivity contribution in [2.24, 2.45) is 0 Å². The summed E-state index contributed by atoms with van der Waals surface area (Å²) in [6, 6.07) is 3.97. The van der Waals surface area contributed by atoms with E-state index in [-0.39, 0.29) is 16.7 Å². The van der Waals surface area contributed by atoms with E-state index in [1.54, 1.807) is 6.08 Å². The molecule has 0 bridgehead atoms. The second kappa shape index (κ2) is 6.55. The van der Waals surface area contributed by atoms with Gasteiger partial charge in [-0.15, -0.1) is 0 Å². The maximum Gasteiger partial charge on any atom is 0.243 e. The van der Waals surface area contributed by atoms with Crippen molar-refractivity contribution < 1.29 is 9.90 Å². The van der Waals surface area contributed by atoms with Gasteiger partial charge in [-0.2, -0.15) is 0 Å². The van der Waals surface area contributed by atoms with E-state index in [2.05, 4.69) is 46.9 Å². The van der Waals surface area contributed by atoms with Crippen LogP contribution in [-0.4, -0.2) is 11.0 Å². The third-order valence-electron chi connectivity index (χ3n) is 3.57. The molecule has 1 rings (SSSR count). The standard InChI is InChI=1S/C19H29NO2/c1-8-9-16(21)20-12-13-10-14(18(2,3)4)17(22)15(11-13)19(5,6)7/h8-11,22H,12H2,1-7H3,(H,20,21)/b9-8+. The number of carbonyl (C=O) groups excluding carboxylic acids is 1. The van der Waals surface area contributed by atoms with Crippen LogP contribution in [0, 0.1) is 0 Å². The van der Waals surface area contributed by atoms with Crippen molar-refractivity contribution in [2.75, 3.05) is 0 Å². The highest BCUT2D eigenvalue weighted by Crippen LogP contribution is 2.39. The summed E-state index contributed by atoms with van der Waals surface area (Å²) in [7, 11) is 0. The molecule has 0 spiro atoms. The van der Waals surface area contributed by atoms with E-state index in [0.717, 1.165) is 16.7 Å². The Morgan fingerprint density at radius 2 is 1.55 bits per heavy atom. The first-order valence-electron chi connectivity index (χ1n) is 7.74. The predicted octanol–water partition coefficient (Wildman–Crippen LogP) is 4.18. The fraction of sp³-hybridized carbons (Fsp3) is 0.526. The molecule has 1 aromatic rings. The lowest BCUT2D eigenvalue weighted by molar-refractivity contribution is -0.116. The number of aromatic hydroxyl groups is 1. The highest BCUT2D eigenvalue weighted by molar-refractivity contribution is 5.87. The number of hydrogen-bond acceptors (Lipinski definition) is 2. The number of phenols is 1. The number of carbonyl (C=O) groups is 1. The van der Waals surface area contributed by atoms with E-state index in [0.29, 0.717) is 12.3 Å². The summed E-state index contributed by atoms with van der Waals surface area (Å²) in [5.41, 5.74) is 2.51. The minimum Gasteiger partial charge on any atom is -0.507 e. The Balaban J connectivity index is 3.27. The van der Waals surface area contributed by atoms with Gasteiger partial charge in [0.2, 0.25) is 5.91 Å². The second-order valence-corrected chi connectivity index (χ2v) is 7.76. The van der Waals surface area contributed by atoms with E-state index >= 15 is 0 Å². The van der Waals surface area contributed by atoms with Crippen LogP contribution in [0.3, 0.4) is 0 Å². The monoisotopic (exact) mass is 303 g/mol. The molecule has 1 amide bonds. The van der Waals surface area contributed by atoms with E-state index < -0.39 is 0 Å². The molecular formula is C19H29NO2. The minimum atomic E-state index is -0.159. The number of amides is 1. The fourth-order valence-electron chi connectivity index (χ4n) is 2.34. The van der Waals surface area contributed by atoms with Gasteiger partial charge in [0.15, 0.2) is 0 Å². The molecule has 0 aliphatic heterocycles. The van der Waals surface area contributed by atoms with Crippen LogP contribution in [0.2, 0.25) is 0 Å². The maximum atomic E-state index is 11.6. The van der Waals surface area contributed by atoms with E-state index in [1.165, 1.54) is 6.08 Å². The SMILES string of the molecule is C/C=C/C(=O)NCc1cc(C(C)(C)C)c(O)c(C(C)(C)C)c1. The lowest BCUT2D eigenvalue weighted by Gasteiger charge is -2.28. The zero-order valence-electron chi connectivity index (χ0n) is 14.9. The maximum absolute atomic E-state index is 11.6. The average molecular weight is 303 g/mol. The fourth-order valence-corrected chi connectivity index (χ4v) is 2.34. The molecule has 0 aliphatic rings. The molecule has 3 nitrogen and oxygen atoms in total. The van der Waals surface area contributed by atoms with E-state index in [4.69, 9.17) is 0 Å². The minimum absolute atomic E-state index is 0.106. The molecule has 22 heavy (non-hydrogen) atoms. The molecule has 122 valence electrons. The molecule has 1 aromatic carbocycles. The predicted molar refractivity (Wildman–Crippen MR) is 92.2 cm³/mol. The van der Waals surface area contributed by atoms with Gasteiger partial charge < -0.3 is 10.4 Å². The molecule has 0 radical (unpaired) electrons. The van der Waals surface area contributed by atoms with Crippen molar-refractivity contribution in [1.29, 1.82) is 0 Å². The van der Waals surface area contributed by atoms with Crippen LogP contribution < -0.4 is 5.32 Å². The first-order valence-corrected chi connectivity index (χ1v) is 7.74. The average Bonchev–Trinajstić information content (AvgIpc) is 2.35. The van der Waals surface area contributed by atoms with Gasteiger partial charge in [-0.1, -0.05) is 47.6 Å². The summed E-state index contributed by atoms with van der Waals surface area (Å²) in [5, 5.41) is 13.5. The van der Waals surface area contributed by atoms with Crippen molar-refractivity contribution in [3.63, 3.8) is 0 Å². The number of rotatable bonds is 3. The van der Waals surface area contributed by atoms with Gasteiger partial charge in [-0.25, -0.2) is 0 Å². The Kier molecular flexibility index (Phi) is 5.44. The summed E-state index contributed by atoms with van der Waals surface area (Å²) in [6.07, 6.45) is 3.23. The molecule has 3 heteroatoms. The summed E-state index contributed by atoms with van der Waals surface area (Å²) >= 11 is 0. The third-order valence-corrected chi connectivity index (χ3v) is 3.57. The molecule has 0 saturated heterocycles. The van der Waals surface area contributed by atoms with E-state index in [9.17, 15) is 9.90 Å². The summed E-state index contributed by atoms with van der Waals surface area (Å²) < 4.78 is 0. The molecule has 0 atom stereocenters. The van der Waals surface area contributed by atoms with Crippen molar-refractivity contribution in [2.45, 2.75) is 65.8 Å². The molecule has 0 saturated carbocycles. The van der Waals surface area contributed by atoms with Crippen molar-refractivity contribution >= 4 is 5.91 Å². The van der Waals surface area contributed by atoms with Crippen molar-refractivity contribution in [3.8, 4) is 5.75 Å². The van der Waals surface area contributed by atoms with Crippen LogP contribution >= 0.6 is 0 Å². The van der Waals surface area contributed by atoms with E-state index in [1.807, 2.05) is 19.1 Å². The normalized spacial score (nSPS) is 12.7. The Labute approximate surface area is 134 Å². The summed E-state index contributed by atoms with van der Waals surface area (Å²) in [5.74, 6) is 0.258. The zero-order valence-corrected chi connectivity index (χ0v) is 14.9. The largest absolute Gasteiger partial charge is 0.507 e. The van der Waals surface area contributed by atoms with Crippen LogP contribution in [0.5, 0.6) is 5.75 Å². The van der Waals surface area contributed by atoms with Gasteiger partial charge in [0.1, 0.15) is 5.75 Å². The Bertz CT molecular complexity index is 537. The lowest BCUT2D eigenvalue weighted by atomic mass is 9.78. The molecule has 0 heterocycles. The Morgan fingerprint density at radius 1 is 1.09 bits per heavy atom. The highest BCUT2D eigenvalue weighted by atomic mass is 16.3. The highest BCUT2D eigenvalue weighted by Gasteiger charge is 2.26. The van der Waals surface area contributed by atoms with Crippen molar-refractivity contribution in [1.82, 2.24) is 5.32 Å². The van der Waals surface area contributed by atoms with Gasteiger partial charge in [0.05, 0.1) is 0 Å². The van der Waals surface area contributed by atoms with Crippen LogP contribution in [0.15, 0.2) is 24.3 Å². The zero-order chi connectivity index (χ0) is 17.1. The number of benzene rings is 1. The van der Waals surface area contributed by atoms with Crippen LogP contribution in [-0.2, 0) is 22.2 Å². The Morgan fingerprint density at radius 3 is 1.91 bits per heavy atom. The van der Waals surface area contributed by atoms with Gasteiger partial charge in [-0.05, 0) is 52.7 Å². The van der Waals surface area contributed by atoms with Gasteiger partial charge >= 0.3 is 0 Å². The number of nitrogens with one attached hydrogen (secondary N) is 1. The molecule has 0 unspecified atom stereocenters. The number of allylic oxidation sites excluding steroid dienone is 1. The van der Waals surface area contributed by atoms with Crippen molar-refractivity contribution in [3.05, 3.63) is 41.0 Å². The molecule has 0 fully saturated rings. The summed E-state index contributed by atoms with van der Waals surface area (Å²) in [4.78, 5) is 11.6. The third kappa shape index (κ3) is 4.62. The lowest BCUT2D eigenvalue weighted by Crippen LogP contribution is -2.22. The quantitative estimate of drug-likeness (QED) is 0.823. The van der Waals surface area contributed by atoms with Crippen LogP contribution in [0.4, 0.5) is 0 Å². The Hall–Kier alpha value is -1.77. The molecule has 2 N–H and O–H groups in total. The number of hydrogen-bond donors (Lipinski definition) is 2. The molecular weight excluding hydrogens is 274 g/mol. The van der Waals surface area contributed by atoms with Crippen LogP contribution in [0.25, 0.3) is 0 Å². The smallest absolute Gasteiger partial charge is 0.243 e.